The Morgan fingerprint density at radius 2 is 2.00 bits per heavy atom. The Morgan fingerprint density at radius 1 is 1.33 bits per heavy atom. The molecule has 0 aliphatic heterocycles. The molecule has 0 unspecified atom stereocenters. The zero-order chi connectivity index (χ0) is 16.0. The molecule has 0 aliphatic carbocycles. The van der Waals surface area contributed by atoms with Gasteiger partial charge in [-0.05, 0) is 30.4 Å². The van der Waals surface area contributed by atoms with Crippen molar-refractivity contribution < 1.29 is 14.7 Å². The van der Waals surface area contributed by atoms with Crippen molar-refractivity contribution in [1.29, 1.82) is 0 Å². The third kappa shape index (κ3) is 5.16. The van der Waals surface area contributed by atoms with Crippen molar-refractivity contribution in [3.63, 3.8) is 0 Å². The summed E-state index contributed by atoms with van der Waals surface area (Å²) in [6, 6.07) is 1.94. The molecule has 1 aromatic heterocycles. The Kier molecular flexibility index (Phi) is 6.89. The van der Waals surface area contributed by atoms with Gasteiger partial charge in [0, 0.05) is 11.4 Å². The van der Waals surface area contributed by atoms with Crippen LogP contribution in [0, 0.1) is 5.92 Å². The highest BCUT2D eigenvalue weighted by atomic mass is 32.1. The predicted molar refractivity (Wildman–Crippen MR) is 86.1 cm³/mol. The molecule has 0 saturated heterocycles. The van der Waals surface area contributed by atoms with Gasteiger partial charge in [0.2, 0.25) is 0 Å². The molecule has 0 atom stereocenters. The normalized spacial score (nSPS) is 10.9. The number of nitrogens with zero attached hydrogens (tertiary/aromatic N) is 1. The maximum atomic E-state index is 12.6. The lowest BCUT2D eigenvalue weighted by Crippen LogP contribution is -2.37. The summed E-state index contributed by atoms with van der Waals surface area (Å²) >= 11 is 1.52. The molecular formula is C16H25NO3S. The van der Waals surface area contributed by atoms with Crippen molar-refractivity contribution in [1.82, 2.24) is 4.90 Å². The van der Waals surface area contributed by atoms with Crippen LogP contribution in [0.2, 0.25) is 0 Å². The van der Waals surface area contributed by atoms with Crippen LogP contribution in [0.4, 0.5) is 0 Å². The summed E-state index contributed by atoms with van der Waals surface area (Å²) in [5, 5.41) is 8.99. The molecule has 1 N–H and O–H groups in total. The fourth-order valence-electron chi connectivity index (χ4n) is 2.29. The van der Waals surface area contributed by atoms with Crippen LogP contribution >= 0.6 is 11.3 Å². The number of aryl methyl sites for hydroxylation is 2. The maximum absolute atomic E-state index is 12.6. The largest absolute Gasteiger partial charge is 0.480 e. The second kappa shape index (κ2) is 8.17. The first-order valence-corrected chi connectivity index (χ1v) is 8.33. The Morgan fingerprint density at radius 3 is 2.48 bits per heavy atom. The van der Waals surface area contributed by atoms with E-state index in [1.54, 1.807) is 0 Å². The molecule has 4 nitrogen and oxygen atoms in total. The first-order chi connectivity index (χ1) is 9.88. The van der Waals surface area contributed by atoms with Gasteiger partial charge in [0.05, 0.1) is 4.88 Å². The third-order valence-corrected chi connectivity index (χ3v) is 4.39. The molecule has 0 aromatic carbocycles. The molecular weight excluding hydrogens is 286 g/mol. The molecule has 1 heterocycles. The van der Waals surface area contributed by atoms with Crippen molar-refractivity contribution in [2.75, 3.05) is 13.1 Å². The summed E-state index contributed by atoms with van der Waals surface area (Å²) in [6.07, 6.45) is 2.93. The average Bonchev–Trinajstić information content (AvgIpc) is 2.79. The summed E-state index contributed by atoms with van der Waals surface area (Å²) < 4.78 is 0. The summed E-state index contributed by atoms with van der Waals surface area (Å²) in [4.78, 5) is 26.9. The Hall–Kier alpha value is -1.36. The van der Waals surface area contributed by atoms with E-state index in [2.05, 4.69) is 13.8 Å². The number of amides is 1. The van der Waals surface area contributed by atoms with Crippen molar-refractivity contribution in [3.05, 3.63) is 21.4 Å². The number of carboxylic acids is 1. The SMILES string of the molecule is CCCc1sc(C(=O)N(CC(=O)O)CC(C)C)cc1CC. The van der Waals surface area contributed by atoms with Gasteiger partial charge in [-0.3, -0.25) is 9.59 Å². The lowest BCUT2D eigenvalue weighted by Gasteiger charge is -2.22. The zero-order valence-electron chi connectivity index (χ0n) is 13.3. The fourth-order valence-corrected chi connectivity index (χ4v) is 3.61. The molecule has 1 amide bonds. The predicted octanol–water partition coefficient (Wildman–Crippen LogP) is 3.45. The van der Waals surface area contributed by atoms with Crippen LogP contribution in [-0.4, -0.2) is 35.0 Å². The molecule has 0 bridgehead atoms. The van der Waals surface area contributed by atoms with E-state index in [0.29, 0.717) is 11.4 Å². The van der Waals surface area contributed by atoms with E-state index in [9.17, 15) is 9.59 Å². The Balaban J connectivity index is 2.99. The molecule has 0 fully saturated rings. The third-order valence-electron chi connectivity index (χ3n) is 3.16. The van der Waals surface area contributed by atoms with Crippen LogP contribution in [-0.2, 0) is 17.6 Å². The lowest BCUT2D eigenvalue weighted by molar-refractivity contribution is -0.137. The summed E-state index contributed by atoms with van der Waals surface area (Å²) in [6.45, 7) is 8.40. The van der Waals surface area contributed by atoms with E-state index in [0.717, 1.165) is 19.3 Å². The van der Waals surface area contributed by atoms with Crippen molar-refractivity contribution in [2.24, 2.45) is 5.92 Å². The molecule has 118 valence electrons. The summed E-state index contributed by atoms with van der Waals surface area (Å²) in [5.41, 5.74) is 1.21. The topological polar surface area (TPSA) is 57.6 Å². The number of thiophene rings is 1. The first kappa shape index (κ1) is 17.7. The molecule has 1 aromatic rings. The number of rotatable bonds is 8. The molecule has 5 heteroatoms. The zero-order valence-corrected chi connectivity index (χ0v) is 14.1. The first-order valence-electron chi connectivity index (χ1n) is 7.51. The molecule has 0 spiro atoms. The van der Waals surface area contributed by atoms with Crippen LogP contribution in [0.5, 0.6) is 0 Å². The average molecular weight is 311 g/mol. The summed E-state index contributed by atoms with van der Waals surface area (Å²) in [7, 11) is 0. The maximum Gasteiger partial charge on any atom is 0.323 e. The molecule has 0 radical (unpaired) electrons. The van der Waals surface area contributed by atoms with Crippen LogP contribution in [0.25, 0.3) is 0 Å². The second-order valence-corrected chi connectivity index (χ2v) is 6.77. The van der Waals surface area contributed by atoms with Gasteiger partial charge < -0.3 is 10.0 Å². The number of carbonyl (C=O) groups excluding carboxylic acids is 1. The standard InChI is InChI=1S/C16H25NO3S/c1-5-7-13-12(6-2)8-14(21-13)16(20)17(9-11(3)4)10-15(18)19/h8,11H,5-7,9-10H2,1-4H3,(H,18,19). The van der Waals surface area contributed by atoms with E-state index in [1.165, 1.54) is 26.7 Å². The smallest absolute Gasteiger partial charge is 0.323 e. The number of hydrogen-bond acceptors (Lipinski definition) is 3. The Bertz CT molecular complexity index is 494. The van der Waals surface area contributed by atoms with Crippen molar-refractivity contribution in [2.45, 2.75) is 47.0 Å². The Labute approximate surface area is 130 Å². The minimum Gasteiger partial charge on any atom is -0.480 e. The van der Waals surface area contributed by atoms with E-state index < -0.39 is 5.97 Å². The van der Waals surface area contributed by atoms with E-state index in [1.807, 2.05) is 19.9 Å². The van der Waals surface area contributed by atoms with E-state index in [-0.39, 0.29) is 18.4 Å². The monoisotopic (exact) mass is 311 g/mol. The van der Waals surface area contributed by atoms with Crippen LogP contribution < -0.4 is 0 Å². The highest BCUT2D eigenvalue weighted by molar-refractivity contribution is 7.14. The van der Waals surface area contributed by atoms with Crippen LogP contribution in [0.3, 0.4) is 0 Å². The van der Waals surface area contributed by atoms with E-state index >= 15 is 0 Å². The van der Waals surface area contributed by atoms with Gasteiger partial charge >= 0.3 is 5.97 Å². The van der Waals surface area contributed by atoms with Crippen molar-refractivity contribution >= 4 is 23.2 Å². The minimum atomic E-state index is -0.968. The second-order valence-electron chi connectivity index (χ2n) is 5.64. The van der Waals surface area contributed by atoms with E-state index in [4.69, 9.17) is 5.11 Å². The van der Waals surface area contributed by atoms with Gasteiger partial charge in [-0.2, -0.15) is 0 Å². The van der Waals surface area contributed by atoms with Crippen LogP contribution in [0.15, 0.2) is 6.07 Å². The van der Waals surface area contributed by atoms with Gasteiger partial charge in [-0.15, -0.1) is 11.3 Å². The number of carboxylic acid groups (broad SMARTS) is 1. The van der Waals surface area contributed by atoms with Gasteiger partial charge in [-0.25, -0.2) is 0 Å². The quantitative estimate of drug-likeness (QED) is 0.800. The molecule has 1 rings (SSSR count). The number of aliphatic carboxylic acids is 1. The summed E-state index contributed by atoms with van der Waals surface area (Å²) in [5.74, 6) is -0.882. The number of carbonyl (C=O) groups is 2. The fraction of sp³-hybridized carbons (Fsp3) is 0.625. The molecule has 21 heavy (non-hydrogen) atoms. The highest BCUT2D eigenvalue weighted by Crippen LogP contribution is 2.26. The highest BCUT2D eigenvalue weighted by Gasteiger charge is 2.22. The minimum absolute atomic E-state index is 0.159. The van der Waals surface area contributed by atoms with Gasteiger partial charge in [-0.1, -0.05) is 34.1 Å². The molecule has 0 saturated carbocycles. The van der Waals surface area contributed by atoms with Crippen LogP contribution in [0.1, 0.15) is 54.2 Å². The van der Waals surface area contributed by atoms with Crippen molar-refractivity contribution in [3.8, 4) is 0 Å². The van der Waals surface area contributed by atoms with Gasteiger partial charge in [0.1, 0.15) is 6.54 Å². The van der Waals surface area contributed by atoms with Gasteiger partial charge in [0.25, 0.3) is 5.91 Å². The molecule has 0 aliphatic rings. The lowest BCUT2D eigenvalue weighted by atomic mass is 10.1. The van der Waals surface area contributed by atoms with Gasteiger partial charge in [0.15, 0.2) is 0 Å². The number of hydrogen-bond donors (Lipinski definition) is 1.